The summed E-state index contributed by atoms with van der Waals surface area (Å²) in [4.78, 5) is 20.5. The fraction of sp³-hybridized carbons (Fsp3) is 0.333. The second-order valence-electron chi connectivity index (χ2n) is 4.53. The molecule has 102 valence electrons. The Hall–Kier alpha value is -2.06. The molecular weight excluding hydrogens is 270 g/mol. The highest BCUT2D eigenvalue weighted by Crippen LogP contribution is 2.22. The Kier molecular flexibility index (Phi) is 4.97. The van der Waals surface area contributed by atoms with E-state index < -0.39 is 5.92 Å². The van der Waals surface area contributed by atoms with Crippen LogP contribution in [0.5, 0.6) is 0 Å². The van der Waals surface area contributed by atoms with Gasteiger partial charge >= 0.3 is 0 Å². The van der Waals surface area contributed by atoms with Crippen molar-refractivity contribution >= 4 is 17.1 Å². The highest BCUT2D eigenvalue weighted by molar-refractivity contribution is 7.09. The van der Waals surface area contributed by atoms with Gasteiger partial charge < -0.3 is 0 Å². The van der Waals surface area contributed by atoms with Crippen molar-refractivity contribution in [2.75, 3.05) is 0 Å². The van der Waals surface area contributed by atoms with Crippen LogP contribution in [0.1, 0.15) is 35.2 Å². The van der Waals surface area contributed by atoms with Gasteiger partial charge in [0.25, 0.3) is 0 Å². The van der Waals surface area contributed by atoms with Crippen LogP contribution in [-0.4, -0.2) is 15.8 Å². The summed E-state index contributed by atoms with van der Waals surface area (Å²) in [5.41, 5.74) is 1.82. The molecule has 20 heavy (non-hydrogen) atoms. The van der Waals surface area contributed by atoms with Gasteiger partial charge in [-0.2, -0.15) is 5.26 Å². The molecule has 0 aliphatic heterocycles. The average molecular weight is 285 g/mol. The predicted octanol–water partition coefficient (Wildman–Crippen LogP) is 3.05. The van der Waals surface area contributed by atoms with Crippen molar-refractivity contribution in [2.45, 2.75) is 32.1 Å². The first-order chi connectivity index (χ1) is 9.70. The van der Waals surface area contributed by atoms with Crippen LogP contribution in [0.25, 0.3) is 0 Å². The van der Waals surface area contributed by atoms with Gasteiger partial charge in [0.15, 0.2) is 11.7 Å². The van der Waals surface area contributed by atoms with E-state index in [1.165, 1.54) is 11.3 Å². The quantitative estimate of drug-likeness (QED) is 0.818. The van der Waals surface area contributed by atoms with Crippen LogP contribution in [0, 0.1) is 18.3 Å². The maximum absolute atomic E-state index is 12.1. The lowest BCUT2D eigenvalue weighted by Crippen LogP contribution is -2.11. The SMILES string of the molecule is Cc1csc(C(C#N)C(=O)CCCc2ccccn2)n1. The largest absolute Gasteiger partial charge is 0.298 e. The van der Waals surface area contributed by atoms with Crippen LogP contribution < -0.4 is 0 Å². The van der Waals surface area contributed by atoms with Crippen LogP contribution in [0.15, 0.2) is 29.8 Å². The Labute approximate surface area is 122 Å². The van der Waals surface area contributed by atoms with Crippen molar-refractivity contribution in [3.05, 3.63) is 46.2 Å². The minimum absolute atomic E-state index is 0.0576. The zero-order chi connectivity index (χ0) is 14.4. The molecule has 5 heteroatoms. The van der Waals surface area contributed by atoms with E-state index in [9.17, 15) is 4.79 Å². The van der Waals surface area contributed by atoms with E-state index in [-0.39, 0.29) is 5.78 Å². The number of aryl methyl sites for hydroxylation is 2. The monoisotopic (exact) mass is 285 g/mol. The first kappa shape index (κ1) is 14.4. The first-order valence-electron chi connectivity index (χ1n) is 6.45. The average Bonchev–Trinajstić information content (AvgIpc) is 2.87. The van der Waals surface area contributed by atoms with E-state index in [4.69, 9.17) is 5.26 Å². The molecule has 0 aliphatic rings. The molecule has 1 atom stereocenters. The lowest BCUT2D eigenvalue weighted by molar-refractivity contribution is -0.119. The molecule has 0 aromatic carbocycles. The second-order valence-corrected chi connectivity index (χ2v) is 5.42. The van der Waals surface area contributed by atoms with E-state index in [2.05, 4.69) is 16.0 Å². The summed E-state index contributed by atoms with van der Waals surface area (Å²) in [7, 11) is 0. The third-order valence-electron chi connectivity index (χ3n) is 2.92. The van der Waals surface area contributed by atoms with Gasteiger partial charge in [0.05, 0.1) is 6.07 Å². The van der Waals surface area contributed by atoms with E-state index in [0.717, 1.165) is 17.8 Å². The summed E-state index contributed by atoms with van der Waals surface area (Å²) < 4.78 is 0. The standard InChI is InChI=1S/C15H15N3OS/c1-11-10-20-15(18-11)13(9-16)14(19)7-4-6-12-5-2-3-8-17-12/h2-3,5,8,10,13H,4,6-7H2,1H3. The van der Waals surface area contributed by atoms with Gasteiger partial charge in [-0.3, -0.25) is 9.78 Å². The minimum Gasteiger partial charge on any atom is -0.298 e. The topological polar surface area (TPSA) is 66.6 Å². The van der Waals surface area contributed by atoms with Gasteiger partial charge in [-0.05, 0) is 31.9 Å². The molecule has 0 amide bonds. The molecular formula is C15H15N3OS. The van der Waals surface area contributed by atoms with Crippen LogP contribution in [-0.2, 0) is 11.2 Å². The second kappa shape index (κ2) is 6.92. The van der Waals surface area contributed by atoms with Crippen molar-refractivity contribution in [3.8, 4) is 6.07 Å². The molecule has 2 heterocycles. The summed E-state index contributed by atoms with van der Waals surface area (Å²) in [5, 5.41) is 11.6. The summed E-state index contributed by atoms with van der Waals surface area (Å²) in [5.74, 6) is -0.782. The van der Waals surface area contributed by atoms with Gasteiger partial charge in [-0.25, -0.2) is 4.98 Å². The van der Waals surface area contributed by atoms with Gasteiger partial charge in [0.1, 0.15) is 5.01 Å². The molecule has 0 saturated heterocycles. The number of pyridine rings is 1. The number of Topliss-reactive ketones (excluding diaryl/α,β-unsaturated/α-hetero) is 1. The van der Waals surface area contributed by atoms with E-state index in [1.54, 1.807) is 6.20 Å². The predicted molar refractivity (Wildman–Crippen MR) is 77.4 cm³/mol. The number of hydrogen-bond donors (Lipinski definition) is 0. The van der Waals surface area contributed by atoms with Gasteiger partial charge in [0.2, 0.25) is 0 Å². The lowest BCUT2D eigenvalue weighted by atomic mass is 10.0. The van der Waals surface area contributed by atoms with Gasteiger partial charge in [-0.1, -0.05) is 6.07 Å². The first-order valence-corrected chi connectivity index (χ1v) is 7.33. The number of aromatic nitrogens is 2. The highest BCUT2D eigenvalue weighted by atomic mass is 32.1. The number of ketones is 1. The van der Waals surface area contributed by atoms with E-state index in [0.29, 0.717) is 17.8 Å². The Morgan fingerprint density at radius 2 is 2.35 bits per heavy atom. The Balaban J connectivity index is 1.89. The summed E-state index contributed by atoms with van der Waals surface area (Å²) in [6, 6.07) is 7.80. The number of carbonyl (C=O) groups is 1. The van der Waals surface area contributed by atoms with E-state index >= 15 is 0 Å². The Morgan fingerprint density at radius 1 is 1.50 bits per heavy atom. The number of hydrogen-bond acceptors (Lipinski definition) is 5. The molecule has 2 aromatic rings. The van der Waals surface area contributed by atoms with Crippen LogP contribution in [0.4, 0.5) is 0 Å². The zero-order valence-electron chi connectivity index (χ0n) is 11.2. The Morgan fingerprint density at radius 3 is 2.95 bits per heavy atom. The van der Waals surface area contributed by atoms with Gasteiger partial charge in [0, 0.05) is 29.4 Å². The van der Waals surface area contributed by atoms with Crippen molar-refractivity contribution in [1.29, 1.82) is 5.26 Å². The normalized spacial score (nSPS) is 11.8. The number of nitrogens with zero attached hydrogens (tertiary/aromatic N) is 3. The molecule has 0 fully saturated rings. The van der Waals surface area contributed by atoms with Crippen molar-refractivity contribution in [2.24, 2.45) is 0 Å². The Bertz CT molecular complexity index is 616. The number of carbonyl (C=O) groups excluding carboxylic acids is 1. The molecule has 0 bridgehead atoms. The summed E-state index contributed by atoms with van der Waals surface area (Å²) in [6.07, 6.45) is 3.58. The molecule has 0 spiro atoms. The fourth-order valence-electron chi connectivity index (χ4n) is 1.90. The molecule has 0 saturated carbocycles. The minimum atomic E-state index is -0.725. The fourth-order valence-corrected chi connectivity index (χ4v) is 2.76. The third-order valence-corrected chi connectivity index (χ3v) is 3.94. The van der Waals surface area contributed by atoms with Crippen molar-refractivity contribution in [3.63, 3.8) is 0 Å². The van der Waals surface area contributed by atoms with Crippen molar-refractivity contribution in [1.82, 2.24) is 9.97 Å². The number of rotatable bonds is 6. The highest BCUT2D eigenvalue weighted by Gasteiger charge is 2.22. The molecule has 2 aromatic heterocycles. The van der Waals surface area contributed by atoms with Crippen LogP contribution in [0.3, 0.4) is 0 Å². The van der Waals surface area contributed by atoms with E-state index in [1.807, 2.05) is 30.5 Å². The maximum Gasteiger partial charge on any atom is 0.156 e. The van der Waals surface area contributed by atoms with Gasteiger partial charge in [-0.15, -0.1) is 11.3 Å². The van der Waals surface area contributed by atoms with Crippen LogP contribution >= 0.6 is 11.3 Å². The summed E-state index contributed by atoms with van der Waals surface area (Å²) >= 11 is 1.37. The maximum atomic E-state index is 12.1. The van der Waals surface area contributed by atoms with Crippen LogP contribution in [0.2, 0.25) is 0 Å². The number of nitriles is 1. The molecule has 4 nitrogen and oxygen atoms in total. The summed E-state index contributed by atoms with van der Waals surface area (Å²) in [6.45, 7) is 1.86. The number of thiazole rings is 1. The molecule has 0 radical (unpaired) electrons. The smallest absolute Gasteiger partial charge is 0.156 e. The van der Waals surface area contributed by atoms with Crippen molar-refractivity contribution < 1.29 is 4.79 Å². The molecule has 2 rings (SSSR count). The molecule has 0 aliphatic carbocycles. The zero-order valence-corrected chi connectivity index (χ0v) is 12.1. The lowest BCUT2D eigenvalue weighted by Gasteiger charge is -2.05. The molecule has 0 N–H and O–H groups in total. The molecule has 1 unspecified atom stereocenters. The third kappa shape index (κ3) is 3.72.